The van der Waals surface area contributed by atoms with Crippen molar-refractivity contribution in [3.05, 3.63) is 0 Å². The molecule has 12 heavy (non-hydrogen) atoms. The van der Waals surface area contributed by atoms with Crippen molar-refractivity contribution in [2.75, 3.05) is 19.6 Å². The Balaban J connectivity index is 2.59. The summed E-state index contributed by atoms with van der Waals surface area (Å²) < 4.78 is 0. The molecule has 4 N–H and O–H groups in total. The molecule has 0 aromatic heterocycles. The second kappa shape index (κ2) is 3.40. The van der Waals surface area contributed by atoms with Crippen LogP contribution in [0.25, 0.3) is 0 Å². The molecule has 1 aliphatic rings. The molecular formula is C6H11N3O3. The van der Waals surface area contributed by atoms with Gasteiger partial charge in [0.2, 0.25) is 5.91 Å². The average Bonchev–Trinajstić information content (AvgIpc) is 2.15. The number of hydrogen-bond donors (Lipinski definition) is 3. The summed E-state index contributed by atoms with van der Waals surface area (Å²) in [5, 5.41) is 11.1. The minimum atomic E-state index is -1.04. The molecule has 2 amide bonds. The second-order valence-electron chi connectivity index (χ2n) is 2.63. The molecule has 1 rings (SSSR count). The molecule has 0 aromatic rings. The van der Waals surface area contributed by atoms with Gasteiger partial charge in [0.25, 0.3) is 0 Å². The number of hydrogen-bond acceptors (Lipinski definition) is 3. The van der Waals surface area contributed by atoms with Crippen LogP contribution in [0.15, 0.2) is 0 Å². The maximum Gasteiger partial charge on any atom is 0.407 e. The Hall–Kier alpha value is -1.30. The Morgan fingerprint density at radius 3 is 3.00 bits per heavy atom. The van der Waals surface area contributed by atoms with E-state index in [1.54, 1.807) is 0 Å². The molecule has 1 fully saturated rings. The van der Waals surface area contributed by atoms with Crippen molar-refractivity contribution in [3.8, 4) is 0 Å². The highest BCUT2D eigenvalue weighted by Crippen LogP contribution is 1.95. The van der Waals surface area contributed by atoms with Gasteiger partial charge in [-0.2, -0.15) is 0 Å². The van der Waals surface area contributed by atoms with E-state index in [9.17, 15) is 9.59 Å². The zero-order valence-electron chi connectivity index (χ0n) is 6.49. The van der Waals surface area contributed by atoms with Crippen LogP contribution >= 0.6 is 0 Å². The summed E-state index contributed by atoms with van der Waals surface area (Å²) in [4.78, 5) is 22.5. The largest absolute Gasteiger partial charge is 0.465 e. The van der Waals surface area contributed by atoms with Crippen molar-refractivity contribution in [2.45, 2.75) is 6.04 Å². The van der Waals surface area contributed by atoms with Crippen LogP contribution in [0.2, 0.25) is 0 Å². The van der Waals surface area contributed by atoms with Crippen LogP contribution in [0.4, 0.5) is 4.79 Å². The quantitative estimate of drug-likeness (QED) is 0.412. The Morgan fingerprint density at radius 1 is 1.75 bits per heavy atom. The van der Waals surface area contributed by atoms with Gasteiger partial charge in [-0.3, -0.25) is 4.79 Å². The summed E-state index contributed by atoms with van der Waals surface area (Å²) >= 11 is 0. The van der Waals surface area contributed by atoms with Crippen molar-refractivity contribution in [1.29, 1.82) is 0 Å². The first-order valence-electron chi connectivity index (χ1n) is 3.62. The predicted octanol–water partition coefficient (Wildman–Crippen LogP) is -1.58. The maximum atomic E-state index is 10.9. The van der Waals surface area contributed by atoms with Crippen molar-refractivity contribution >= 4 is 12.0 Å². The highest BCUT2D eigenvalue weighted by atomic mass is 16.4. The highest BCUT2D eigenvalue weighted by molar-refractivity contribution is 5.82. The van der Waals surface area contributed by atoms with Crippen LogP contribution in [0.3, 0.4) is 0 Å². The number of nitrogens with two attached hydrogens (primary N) is 1. The summed E-state index contributed by atoms with van der Waals surface area (Å²) in [6.45, 7) is 0.703. The molecule has 0 spiro atoms. The van der Waals surface area contributed by atoms with Gasteiger partial charge in [0, 0.05) is 19.6 Å². The zero-order valence-corrected chi connectivity index (χ0v) is 6.49. The van der Waals surface area contributed by atoms with Gasteiger partial charge in [-0.15, -0.1) is 0 Å². The summed E-state index contributed by atoms with van der Waals surface area (Å²) in [6.07, 6.45) is -1.04. The number of amides is 2. The van der Waals surface area contributed by atoms with Crippen LogP contribution in [0, 0.1) is 0 Å². The average molecular weight is 173 g/mol. The van der Waals surface area contributed by atoms with Crippen molar-refractivity contribution in [3.63, 3.8) is 0 Å². The van der Waals surface area contributed by atoms with E-state index in [2.05, 4.69) is 5.32 Å². The van der Waals surface area contributed by atoms with Crippen molar-refractivity contribution < 1.29 is 14.7 Å². The third-order valence-corrected chi connectivity index (χ3v) is 1.71. The summed E-state index contributed by atoms with van der Waals surface area (Å²) in [5.74, 6) is -0.293. The SMILES string of the molecule is NC1CN(C(=O)O)CCNC1=O. The first-order valence-corrected chi connectivity index (χ1v) is 3.62. The van der Waals surface area contributed by atoms with E-state index in [4.69, 9.17) is 10.8 Å². The Morgan fingerprint density at radius 2 is 2.42 bits per heavy atom. The van der Waals surface area contributed by atoms with E-state index in [-0.39, 0.29) is 12.5 Å². The molecule has 1 heterocycles. The van der Waals surface area contributed by atoms with Crippen LogP contribution in [-0.2, 0) is 4.79 Å². The topological polar surface area (TPSA) is 95.7 Å². The van der Waals surface area contributed by atoms with Crippen LogP contribution in [-0.4, -0.2) is 47.7 Å². The lowest BCUT2D eigenvalue weighted by Gasteiger charge is -2.16. The van der Waals surface area contributed by atoms with Crippen molar-refractivity contribution in [2.24, 2.45) is 5.73 Å². The standard InChI is InChI=1S/C6H11N3O3/c7-4-3-9(6(11)12)2-1-8-5(4)10/h4H,1-3,7H2,(H,8,10)(H,11,12). The van der Waals surface area contributed by atoms with E-state index in [1.165, 1.54) is 0 Å². The molecule has 1 atom stereocenters. The van der Waals surface area contributed by atoms with E-state index in [1.807, 2.05) is 0 Å². The van der Waals surface area contributed by atoms with Crippen molar-refractivity contribution in [1.82, 2.24) is 10.2 Å². The molecule has 0 aliphatic carbocycles. The molecule has 1 saturated heterocycles. The fraction of sp³-hybridized carbons (Fsp3) is 0.667. The van der Waals surface area contributed by atoms with Gasteiger partial charge >= 0.3 is 6.09 Å². The molecule has 0 aromatic carbocycles. The Bertz CT molecular complexity index is 206. The predicted molar refractivity (Wildman–Crippen MR) is 40.6 cm³/mol. The Kier molecular flexibility index (Phi) is 2.49. The minimum absolute atomic E-state index is 0.0706. The lowest BCUT2D eigenvalue weighted by atomic mass is 10.3. The van der Waals surface area contributed by atoms with E-state index < -0.39 is 12.1 Å². The highest BCUT2D eigenvalue weighted by Gasteiger charge is 2.23. The van der Waals surface area contributed by atoms with Gasteiger partial charge in [-0.1, -0.05) is 0 Å². The van der Waals surface area contributed by atoms with Gasteiger partial charge < -0.3 is 21.1 Å². The molecule has 6 heteroatoms. The molecule has 6 nitrogen and oxygen atoms in total. The van der Waals surface area contributed by atoms with Gasteiger partial charge in [0.05, 0.1) is 0 Å². The summed E-state index contributed by atoms with van der Waals surface area (Å²) in [6, 6.07) is -0.747. The fourth-order valence-electron chi connectivity index (χ4n) is 1.03. The van der Waals surface area contributed by atoms with Crippen LogP contribution in [0.1, 0.15) is 0 Å². The number of nitrogens with one attached hydrogen (secondary N) is 1. The second-order valence-corrected chi connectivity index (χ2v) is 2.63. The number of rotatable bonds is 0. The monoisotopic (exact) mass is 173 g/mol. The molecule has 0 radical (unpaired) electrons. The normalized spacial score (nSPS) is 24.6. The number of carbonyl (C=O) groups excluding carboxylic acids is 1. The van der Waals surface area contributed by atoms with E-state index >= 15 is 0 Å². The van der Waals surface area contributed by atoms with Crippen LogP contribution in [0.5, 0.6) is 0 Å². The molecule has 1 unspecified atom stereocenters. The zero-order chi connectivity index (χ0) is 9.14. The molecule has 1 aliphatic heterocycles. The fourth-order valence-corrected chi connectivity index (χ4v) is 1.03. The van der Waals surface area contributed by atoms with E-state index in [0.29, 0.717) is 13.1 Å². The number of carbonyl (C=O) groups is 2. The molecular weight excluding hydrogens is 162 g/mol. The van der Waals surface area contributed by atoms with Crippen LogP contribution < -0.4 is 11.1 Å². The van der Waals surface area contributed by atoms with Gasteiger partial charge in [-0.05, 0) is 0 Å². The third kappa shape index (κ3) is 1.85. The Labute approximate surface area is 69.3 Å². The first-order chi connectivity index (χ1) is 5.61. The first kappa shape index (κ1) is 8.79. The van der Waals surface area contributed by atoms with Gasteiger partial charge in [0.15, 0.2) is 0 Å². The maximum absolute atomic E-state index is 10.9. The molecule has 0 saturated carbocycles. The molecule has 68 valence electrons. The summed E-state index contributed by atoms with van der Waals surface area (Å²) in [5.41, 5.74) is 5.39. The minimum Gasteiger partial charge on any atom is -0.465 e. The molecule has 0 bridgehead atoms. The summed E-state index contributed by atoms with van der Waals surface area (Å²) in [7, 11) is 0. The number of carboxylic acid groups (broad SMARTS) is 1. The lowest BCUT2D eigenvalue weighted by Crippen LogP contribution is -2.44. The van der Waals surface area contributed by atoms with Gasteiger partial charge in [0.1, 0.15) is 6.04 Å². The van der Waals surface area contributed by atoms with E-state index in [0.717, 1.165) is 4.90 Å². The van der Waals surface area contributed by atoms with Gasteiger partial charge in [-0.25, -0.2) is 4.79 Å². The third-order valence-electron chi connectivity index (χ3n) is 1.71. The smallest absolute Gasteiger partial charge is 0.407 e. The number of nitrogens with zero attached hydrogens (tertiary/aromatic N) is 1. The lowest BCUT2D eigenvalue weighted by molar-refractivity contribution is -0.121.